The average Bonchev–Trinajstić information content (AvgIpc) is 3.68. The fraction of sp³-hybridized carbons (Fsp3) is 0.488. The first kappa shape index (κ1) is 45.8. The third-order valence-electron chi connectivity index (χ3n) is 9.68. The van der Waals surface area contributed by atoms with E-state index in [9.17, 15) is 19.2 Å². The second kappa shape index (κ2) is 22.2. The number of carbonyl (C=O) groups excluding carboxylic acids is 4. The maximum absolute atomic E-state index is 12.6. The standard InChI is InChI=1S/C21H23NO4.C20H31NO4Si.2CH4/c23-20(12-7-13-25-15-18-10-5-2-6-11-18)22-19(16-26-21(22)24)14-17-8-3-1-4-9-17;1-20(2,3)26(4,5)25-13-9-12-18(22)21-17(15-24-19(21)23)14-16-10-7-6-8-11-16;;/h1-6,8-11,19H,7,12-16H2;6-8,10-11,17H,9,12-15H2,1-5H3;2*1H4/t19-;17-;;/m00../s1. The Morgan fingerprint density at radius 1 is 0.667 bits per heavy atom. The van der Waals surface area contributed by atoms with Crippen molar-refractivity contribution in [3.63, 3.8) is 0 Å². The lowest BCUT2D eigenvalue weighted by Crippen LogP contribution is -2.42. The molecule has 0 aliphatic carbocycles. The molecule has 10 nitrogen and oxygen atoms in total. The van der Waals surface area contributed by atoms with Gasteiger partial charge in [-0.25, -0.2) is 19.4 Å². The molecule has 4 amide bonds. The minimum Gasteiger partial charge on any atom is -0.447 e. The van der Waals surface area contributed by atoms with Crippen LogP contribution >= 0.6 is 0 Å². The van der Waals surface area contributed by atoms with Crippen LogP contribution in [0.15, 0.2) is 91.0 Å². The number of benzene rings is 3. The Morgan fingerprint density at radius 2 is 1.06 bits per heavy atom. The van der Waals surface area contributed by atoms with Gasteiger partial charge in [0, 0.05) is 26.1 Å². The summed E-state index contributed by atoms with van der Waals surface area (Å²) < 4.78 is 21.9. The van der Waals surface area contributed by atoms with Gasteiger partial charge in [-0.15, -0.1) is 0 Å². The number of amides is 4. The molecule has 2 fully saturated rings. The summed E-state index contributed by atoms with van der Waals surface area (Å²) in [4.78, 5) is 51.5. The molecule has 2 saturated heterocycles. The number of ether oxygens (including phenoxy) is 3. The van der Waals surface area contributed by atoms with Crippen molar-refractivity contribution in [2.75, 3.05) is 26.4 Å². The lowest BCUT2D eigenvalue weighted by Gasteiger charge is -2.36. The lowest BCUT2D eigenvalue weighted by molar-refractivity contribution is -0.130. The molecule has 0 N–H and O–H groups in total. The van der Waals surface area contributed by atoms with Crippen LogP contribution < -0.4 is 0 Å². The van der Waals surface area contributed by atoms with E-state index in [4.69, 9.17) is 18.6 Å². The third-order valence-corrected chi connectivity index (χ3v) is 14.2. The summed E-state index contributed by atoms with van der Waals surface area (Å²) in [5.41, 5.74) is 3.28. The van der Waals surface area contributed by atoms with Gasteiger partial charge in [-0.2, -0.15) is 0 Å². The predicted octanol–water partition coefficient (Wildman–Crippen LogP) is 9.22. The highest BCUT2D eigenvalue weighted by Gasteiger charge is 2.39. The van der Waals surface area contributed by atoms with Crippen LogP contribution in [0.4, 0.5) is 9.59 Å². The lowest BCUT2D eigenvalue weighted by atomic mass is 10.1. The van der Waals surface area contributed by atoms with Gasteiger partial charge in [0.05, 0.1) is 18.7 Å². The zero-order valence-corrected chi connectivity index (χ0v) is 32.3. The van der Waals surface area contributed by atoms with Crippen molar-refractivity contribution in [3.05, 3.63) is 108 Å². The Hall–Kier alpha value is -4.32. The average molecular weight is 763 g/mol. The first-order valence-corrected chi connectivity index (χ1v) is 21.1. The molecular weight excluding hydrogens is 701 g/mol. The first-order chi connectivity index (χ1) is 24.9. The van der Waals surface area contributed by atoms with Gasteiger partial charge in [0.1, 0.15) is 13.2 Å². The number of nitrogens with zero attached hydrogens (tertiary/aromatic N) is 2. The zero-order chi connectivity index (χ0) is 37.6. The summed E-state index contributed by atoms with van der Waals surface area (Å²) >= 11 is 0. The van der Waals surface area contributed by atoms with Gasteiger partial charge in [-0.05, 0) is 60.5 Å². The van der Waals surface area contributed by atoms with Crippen LogP contribution in [-0.4, -0.2) is 80.6 Å². The van der Waals surface area contributed by atoms with E-state index < -0.39 is 20.5 Å². The summed E-state index contributed by atoms with van der Waals surface area (Å²) in [6, 6.07) is 29.1. The summed E-state index contributed by atoms with van der Waals surface area (Å²) in [5, 5.41) is 0.149. The van der Waals surface area contributed by atoms with E-state index in [2.05, 4.69) is 33.9 Å². The monoisotopic (exact) mass is 762 g/mol. The van der Waals surface area contributed by atoms with Crippen LogP contribution in [0, 0.1) is 0 Å². The predicted molar refractivity (Wildman–Crippen MR) is 215 cm³/mol. The molecule has 2 aliphatic rings. The van der Waals surface area contributed by atoms with E-state index in [1.165, 1.54) is 9.80 Å². The molecule has 2 heterocycles. The Kier molecular flexibility index (Phi) is 18.8. The quantitative estimate of drug-likeness (QED) is 0.111. The number of rotatable bonds is 15. The van der Waals surface area contributed by atoms with Gasteiger partial charge in [0.25, 0.3) is 0 Å². The van der Waals surface area contributed by atoms with Gasteiger partial charge in [0.2, 0.25) is 11.8 Å². The number of carbonyl (C=O) groups is 4. The molecule has 5 rings (SSSR count). The maximum Gasteiger partial charge on any atom is 0.416 e. The van der Waals surface area contributed by atoms with Crippen molar-refractivity contribution in [2.45, 2.75) is 111 Å². The first-order valence-electron chi connectivity index (χ1n) is 18.2. The fourth-order valence-corrected chi connectivity index (χ4v) is 6.79. The minimum absolute atomic E-state index is 0. The largest absolute Gasteiger partial charge is 0.447 e. The number of imide groups is 2. The van der Waals surface area contributed by atoms with Crippen molar-refractivity contribution < 1.29 is 37.8 Å². The van der Waals surface area contributed by atoms with Crippen LogP contribution in [0.25, 0.3) is 0 Å². The van der Waals surface area contributed by atoms with E-state index in [0.29, 0.717) is 51.9 Å². The zero-order valence-electron chi connectivity index (χ0n) is 31.3. The highest BCUT2D eigenvalue weighted by atomic mass is 28.4. The Bertz CT molecular complexity index is 1580. The number of cyclic esters (lactones) is 2. The van der Waals surface area contributed by atoms with Crippen LogP contribution in [0.3, 0.4) is 0 Å². The molecule has 54 heavy (non-hydrogen) atoms. The Labute approximate surface area is 324 Å². The molecule has 0 spiro atoms. The van der Waals surface area contributed by atoms with Crippen LogP contribution in [0.5, 0.6) is 0 Å². The molecule has 11 heteroatoms. The minimum atomic E-state index is -1.80. The smallest absolute Gasteiger partial charge is 0.416 e. The summed E-state index contributed by atoms with van der Waals surface area (Å²) in [6.07, 6.45) is 1.94. The van der Waals surface area contributed by atoms with Crippen LogP contribution in [0.2, 0.25) is 18.1 Å². The summed E-state index contributed by atoms with van der Waals surface area (Å²) in [7, 11) is -1.80. The Balaban J connectivity index is 0.000000360. The van der Waals surface area contributed by atoms with E-state index >= 15 is 0 Å². The third kappa shape index (κ3) is 13.8. The highest BCUT2D eigenvalue weighted by molar-refractivity contribution is 6.74. The fourth-order valence-electron chi connectivity index (χ4n) is 5.70. The Morgan fingerprint density at radius 3 is 1.46 bits per heavy atom. The van der Waals surface area contributed by atoms with Crippen molar-refractivity contribution in [1.82, 2.24) is 9.80 Å². The van der Waals surface area contributed by atoms with Gasteiger partial charge in [-0.1, -0.05) is 127 Å². The molecule has 296 valence electrons. The molecular formula is C43H62N2O8Si. The SMILES string of the molecule is C.C.CC(C)(C)[Si](C)(C)OCCCC(=O)N1C(=O)OC[C@@H]1Cc1ccccc1.O=C(CCCOCc1ccccc1)N1C(=O)OC[C@@H]1Cc1ccccc1. The van der Waals surface area contributed by atoms with Crippen LogP contribution in [-0.2, 0) is 47.7 Å². The molecule has 0 radical (unpaired) electrons. The molecule has 0 saturated carbocycles. The molecule has 2 atom stereocenters. The maximum atomic E-state index is 12.6. The molecule has 3 aromatic rings. The van der Waals surface area contributed by atoms with E-state index in [1.54, 1.807) is 0 Å². The van der Waals surface area contributed by atoms with Crippen molar-refractivity contribution in [1.29, 1.82) is 0 Å². The normalized spacial score (nSPS) is 16.7. The summed E-state index contributed by atoms with van der Waals surface area (Å²) in [5.74, 6) is -0.371. The number of hydrogen-bond acceptors (Lipinski definition) is 8. The molecule has 0 bridgehead atoms. The van der Waals surface area contributed by atoms with Crippen molar-refractivity contribution in [3.8, 4) is 0 Å². The van der Waals surface area contributed by atoms with Gasteiger partial charge >= 0.3 is 12.2 Å². The molecule has 0 unspecified atom stereocenters. The van der Waals surface area contributed by atoms with E-state index in [0.717, 1.165) is 16.7 Å². The van der Waals surface area contributed by atoms with Gasteiger partial charge < -0.3 is 18.6 Å². The number of hydrogen-bond donors (Lipinski definition) is 0. The van der Waals surface area contributed by atoms with Crippen LogP contribution in [0.1, 0.15) is 78.0 Å². The topological polar surface area (TPSA) is 112 Å². The molecule has 0 aromatic heterocycles. The van der Waals surface area contributed by atoms with Crippen molar-refractivity contribution >= 4 is 32.3 Å². The van der Waals surface area contributed by atoms with Gasteiger partial charge in [0.15, 0.2) is 8.32 Å². The van der Waals surface area contributed by atoms with E-state index in [-0.39, 0.29) is 63.4 Å². The van der Waals surface area contributed by atoms with Crippen molar-refractivity contribution in [2.24, 2.45) is 0 Å². The highest BCUT2D eigenvalue weighted by Crippen LogP contribution is 2.36. The molecule has 3 aromatic carbocycles. The summed E-state index contributed by atoms with van der Waals surface area (Å²) in [6.45, 7) is 13.0. The second-order valence-electron chi connectivity index (χ2n) is 14.7. The second-order valence-corrected chi connectivity index (χ2v) is 19.5. The van der Waals surface area contributed by atoms with Gasteiger partial charge in [-0.3, -0.25) is 9.59 Å². The van der Waals surface area contributed by atoms with E-state index in [1.807, 2.05) is 91.0 Å². The molecule has 2 aliphatic heterocycles.